The first-order chi connectivity index (χ1) is 10.3. The Labute approximate surface area is 148 Å². The van der Waals surface area contributed by atoms with Crippen molar-refractivity contribution in [2.45, 2.75) is 19.1 Å². The van der Waals surface area contributed by atoms with E-state index in [1.165, 1.54) is 0 Å². The van der Waals surface area contributed by atoms with Crippen LogP contribution in [0.1, 0.15) is 6.92 Å². The van der Waals surface area contributed by atoms with Crippen LogP contribution in [0.15, 0.2) is 18.6 Å². The van der Waals surface area contributed by atoms with Gasteiger partial charge in [0.2, 0.25) is 5.91 Å². The molecule has 0 aliphatic carbocycles. The zero-order valence-electron chi connectivity index (χ0n) is 13.1. The number of anilines is 1. The lowest BCUT2D eigenvalue weighted by molar-refractivity contribution is -0.139. The molecule has 2 atom stereocenters. The van der Waals surface area contributed by atoms with E-state index in [4.69, 9.17) is 4.74 Å². The molecule has 1 N–H and O–H groups in total. The lowest BCUT2D eigenvalue weighted by atomic mass is 10.1. The van der Waals surface area contributed by atoms with Crippen molar-refractivity contribution in [2.75, 3.05) is 44.2 Å². The highest BCUT2D eigenvalue weighted by Crippen LogP contribution is 2.14. The van der Waals surface area contributed by atoms with Gasteiger partial charge in [-0.15, -0.1) is 24.8 Å². The lowest BCUT2D eigenvalue weighted by Crippen LogP contribution is -2.59. The highest BCUT2D eigenvalue weighted by Gasteiger charge is 2.33. The molecule has 2 fully saturated rings. The van der Waals surface area contributed by atoms with Crippen molar-refractivity contribution in [1.82, 2.24) is 20.2 Å². The number of carbonyl (C=O) groups excluding carboxylic acids is 1. The number of carbonyl (C=O) groups is 1. The largest absolute Gasteiger partial charge is 0.375 e. The number of halogens is 2. The van der Waals surface area contributed by atoms with Crippen LogP contribution in [-0.2, 0) is 9.53 Å². The Morgan fingerprint density at radius 1 is 1.26 bits per heavy atom. The van der Waals surface area contributed by atoms with Crippen LogP contribution >= 0.6 is 24.8 Å². The number of rotatable bonds is 2. The van der Waals surface area contributed by atoms with E-state index in [-0.39, 0.29) is 42.9 Å². The minimum Gasteiger partial charge on any atom is -0.375 e. The maximum absolute atomic E-state index is 12.5. The SMILES string of the molecule is C[C@H]1OCCN[C@@H]1C(=O)N1CCN(c2cnccn2)CC1.Cl.Cl. The van der Waals surface area contributed by atoms with Crippen LogP contribution in [0.2, 0.25) is 0 Å². The van der Waals surface area contributed by atoms with E-state index in [9.17, 15) is 4.79 Å². The summed E-state index contributed by atoms with van der Waals surface area (Å²) >= 11 is 0. The molecule has 0 aromatic carbocycles. The molecule has 0 spiro atoms. The maximum Gasteiger partial charge on any atom is 0.242 e. The molecular weight excluding hydrogens is 341 g/mol. The fourth-order valence-corrected chi connectivity index (χ4v) is 2.82. The van der Waals surface area contributed by atoms with Crippen LogP contribution in [-0.4, -0.2) is 72.3 Å². The molecule has 3 rings (SSSR count). The van der Waals surface area contributed by atoms with Crippen molar-refractivity contribution in [1.29, 1.82) is 0 Å². The first kappa shape index (κ1) is 19.9. The van der Waals surface area contributed by atoms with Gasteiger partial charge in [0.05, 0.1) is 18.9 Å². The first-order valence-corrected chi connectivity index (χ1v) is 7.40. The van der Waals surface area contributed by atoms with Gasteiger partial charge in [-0.3, -0.25) is 9.78 Å². The van der Waals surface area contributed by atoms with E-state index in [0.717, 1.165) is 25.5 Å². The van der Waals surface area contributed by atoms with Gasteiger partial charge in [0, 0.05) is 45.1 Å². The number of hydrogen-bond donors (Lipinski definition) is 1. The van der Waals surface area contributed by atoms with E-state index in [1.807, 2.05) is 11.8 Å². The van der Waals surface area contributed by atoms with Gasteiger partial charge in [-0.25, -0.2) is 4.98 Å². The number of morpholine rings is 1. The van der Waals surface area contributed by atoms with Crippen molar-refractivity contribution < 1.29 is 9.53 Å². The molecule has 2 saturated heterocycles. The summed E-state index contributed by atoms with van der Waals surface area (Å²) in [7, 11) is 0. The van der Waals surface area contributed by atoms with Crippen LogP contribution in [0.3, 0.4) is 0 Å². The summed E-state index contributed by atoms with van der Waals surface area (Å²) in [5.41, 5.74) is 0. The van der Waals surface area contributed by atoms with Crippen molar-refractivity contribution in [3.05, 3.63) is 18.6 Å². The third-order valence-electron chi connectivity index (χ3n) is 4.05. The molecule has 3 heterocycles. The van der Waals surface area contributed by atoms with Gasteiger partial charge in [0.15, 0.2) is 0 Å². The highest BCUT2D eigenvalue weighted by atomic mass is 35.5. The molecule has 0 bridgehead atoms. The minimum absolute atomic E-state index is 0. The summed E-state index contributed by atoms with van der Waals surface area (Å²) < 4.78 is 5.55. The predicted octanol–water partition coefficient (Wildman–Crippen LogP) is 0.346. The molecule has 23 heavy (non-hydrogen) atoms. The topological polar surface area (TPSA) is 70.6 Å². The molecule has 130 valence electrons. The molecule has 2 aliphatic heterocycles. The summed E-state index contributed by atoms with van der Waals surface area (Å²) in [4.78, 5) is 25.0. The maximum atomic E-state index is 12.5. The molecule has 0 radical (unpaired) electrons. The summed E-state index contributed by atoms with van der Waals surface area (Å²) in [6.45, 7) is 6.34. The molecule has 7 nitrogen and oxygen atoms in total. The number of hydrogen-bond acceptors (Lipinski definition) is 6. The summed E-state index contributed by atoms with van der Waals surface area (Å²) in [6.07, 6.45) is 5.05. The zero-order valence-corrected chi connectivity index (χ0v) is 14.7. The summed E-state index contributed by atoms with van der Waals surface area (Å²) in [5, 5.41) is 3.26. The number of aromatic nitrogens is 2. The Morgan fingerprint density at radius 3 is 2.61 bits per heavy atom. The number of amides is 1. The van der Waals surface area contributed by atoms with Crippen molar-refractivity contribution in [2.24, 2.45) is 0 Å². The predicted molar refractivity (Wildman–Crippen MR) is 92.5 cm³/mol. The van der Waals surface area contributed by atoms with E-state index >= 15 is 0 Å². The number of nitrogens with one attached hydrogen (secondary N) is 1. The van der Waals surface area contributed by atoms with Gasteiger partial charge in [-0.1, -0.05) is 0 Å². The number of nitrogens with zero attached hydrogens (tertiary/aromatic N) is 4. The molecule has 0 unspecified atom stereocenters. The molecule has 1 amide bonds. The van der Waals surface area contributed by atoms with Crippen LogP contribution in [0.25, 0.3) is 0 Å². The smallest absolute Gasteiger partial charge is 0.242 e. The Hall–Kier alpha value is -1.15. The summed E-state index contributed by atoms with van der Waals surface area (Å²) in [5.74, 6) is 1.01. The van der Waals surface area contributed by atoms with E-state index in [1.54, 1.807) is 18.6 Å². The fraction of sp³-hybridized carbons (Fsp3) is 0.643. The summed E-state index contributed by atoms with van der Waals surface area (Å²) in [6, 6.07) is -0.221. The average Bonchev–Trinajstić information content (AvgIpc) is 2.56. The Morgan fingerprint density at radius 2 is 2.00 bits per heavy atom. The number of ether oxygens (including phenoxy) is 1. The molecular formula is C14H23Cl2N5O2. The monoisotopic (exact) mass is 363 g/mol. The molecule has 9 heteroatoms. The van der Waals surface area contributed by atoms with E-state index in [2.05, 4.69) is 20.2 Å². The van der Waals surface area contributed by atoms with E-state index in [0.29, 0.717) is 19.7 Å². The van der Waals surface area contributed by atoms with Crippen molar-refractivity contribution in [3.8, 4) is 0 Å². The fourth-order valence-electron chi connectivity index (χ4n) is 2.82. The molecule has 1 aromatic rings. The second-order valence-corrected chi connectivity index (χ2v) is 5.38. The van der Waals surface area contributed by atoms with Gasteiger partial charge in [-0.2, -0.15) is 0 Å². The van der Waals surface area contributed by atoms with Crippen LogP contribution in [0.4, 0.5) is 5.82 Å². The van der Waals surface area contributed by atoms with Gasteiger partial charge in [-0.05, 0) is 6.92 Å². The molecule has 1 aromatic heterocycles. The van der Waals surface area contributed by atoms with E-state index < -0.39 is 0 Å². The Kier molecular flexibility index (Phi) is 7.98. The lowest BCUT2D eigenvalue weighted by Gasteiger charge is -2.39. The third-order valence-corrected chi connectivity index (χ3v) is 4.05. The normalized spacial score (nSPS) is 24.4. The first-order valence-electron chi connectivity index (χ1n) is 7.40. The Bertz CT molecular complexity index is 485. The van der Waals surface area contributed by atoms with Gasteiger partial charge < -0.3 is 19.9 Å². The van der Waals surface area contributed by atoms with Crippen LogP contribution in [0, 0.1) is 0 Å². The van der Waals surface area contributed by atoms with Crippen molar-refractivity contribution >= 4 is 36.5 Å². The average molecular weight is 364 g/mol. The Balaban J connectivity index is 0.00000132. The van der Waals surface area contributed by atoms with Gasteiger partial charge in [0.1, 0.15) is 11.9 Å². The molecule has 0 saturated carbocycles. The quantitative estimate of drug-likeness (QED) is 0.817. The standard InChI is InChI=1S/C14H21N5O2.2ClH/c1-11-13(17-4-9-21-11)14(20)19-7-5-18(6-8-19)12-10-15-2-3-16-12;;/h2-3,10-11,13,17H,4-9H2,1H3;2*1H/t11-,13+;;/m1../s1. The minimum atomic E-state index is -0.221. The van der Waals surface area contributed by atoms with Crippen molar-refractivity contribution in [3.63, 3.8) is 0 Å². The second kappa shape index (κ2) is 9.22. The van der Waals surface area contributed by atoms with Crippen LogP contribution < -0.4 is 10.2 Å². The van der Waals surface area contributed by atoms with Gasteiger partial charge >= 0.3 is 0 Å². The second-order valence-electron chi connectivity index (χ2n) is 5.38. The van der Waals surface area contributed by atoms with Crippen LogP contribution in [0.5, 0.6) is 0 Å². The zero-order chi connectivity index (χ0) is 14.7. The molecule has 2 aliphatic rings. The highest BCUT2D eigenvalue weighted by molar-refractivity contribution is 5.85. The van der Waals surface area contributed by atoms with Gasteiger partial charge in [0.25, 0.3) is 0 Å². The third kappa shape index (κ3) is 4.67. The number of piperazine rings is 1.